The summed E-state index contributed by atoms with van der Waals surface area (Å²) in [5.74, 6) is 1.74. The molecule has 1 aromatic carbocycles. The molecule has 1 aliphatic heterocycles. The monoisotopic (exact) mass is 248 g/mol. The zero-order chi connectivity index (χ0) is 13.0. The van der Waals surface area contributed by atoms with Gasteiger partial charge < -0.3 is 15.4 Å². The molecular weight excluding hydrogens is 224 g/mol. The summed E-state index contributed by atoms with van der Waals surface area (Å²) in [5.41, 5.74) is 7.45. The van der Waals surface area contributed by atoms with Crippen molar-refractivity contribution < 1.29 is 4.74 Å². The second-order valence-electron chi connectivity index (χ2n) is 5.23. The summed E-state index contributed by atoms with van der Waals surface area (Å²) >= 11 is 0. The van der Waals surface area contributed by atoms with E-state index in [2.05, 4.69) is 17.9 Å². The van der Waals surface area contributed by atoms with Crippen LogP contribution in [0.1, 0.15) is 31.9 Å². The first kappa shape index (κ1) is 13.4. The van der Waals surface area contributed by atoms with E-state index in [4.69, 9.17) is 10.5 Å². The van der Waals surface area contributed by atoms with Crippen LogP contribution in [-0.4, -0.2) is 31.1 Å². The van der Waals surface area contributed by atoms with Crippen LogP contribution >= 0.6 is 0 Å². The number of nitrogens with zero attached hydrogens (tertiary/aromatic N) is 1. The molecule has 2 unspecified atom stereocenters. The molecule has 0 bridgehead atoms. The van der Waals surface area contributed by atoms with Crippen molar-refractivity contribution >= 4 is 0 Å². The van der Waals surface area contributed by atoms with Crippen LogP contribution in [0.4, 0.5) is 0 Å². The van der Waals surface area contributed by atoms with E-state index in [9.17, 15) is 0 Å². The fourth-order valence-electron chi connectivity index (χ4n) is 2.64. The van der Waals surface area contributed by atoms with E-state index in [0.717, 1.165) is 23.8 Å². The van der Waals surface area contributed by atoms with Gasteiger partial charge in [0.05, 0.1) is 6.61 Å². The largest absolute Gasteiger partial charge is 0.494 e. The number of ether oxygens (including phenoxy) is 1. The normalized spacial score (nSPS) is 22.1. The molecule has 3 heteroatoms. The number of hydrogen-bond acceptors (Lipinski definition) is 3. The SMILES string of the molecule is CCOc1ccccc1C(N)CN1CCC(C)C1. The lowest BCUT2D eigenvalue weighted by molar-refractivity contribution is 0.296. The van der Waals surface area contributed by atoms with Gasteiger partial charge in [0.1, 0.15) is 5.75 Å². The maximum Gasteiger partial charge on any atom is 0.124 e. The minimum atomic E-state index is 0.0399. The zero-order valence-corrected chi connectivity index (χ0v) is 11.4. The van der Waals surface area contributed by atoms with Crippen LogP contribution in [-0.2, 0) is 0 Å². The van der Waals surface area contributed by atoms with E-state index >= 15 is 0 Å². The third-order valence-corrected chi connectivity index (χ3v) is 3.58. The van der Waals surface area contributed by atoms with Crippen LogP contribution in [0.2, 0.25) is 0 Å². The maximum absolute atomic E-state index is 6.33. The van der Waals surface area contributed by atoms with Crippen LogP contribution in [0.5, 0.6) is 5.75 Å². The number of hydrogen-bond donors (Lipinski definition) is 1. The molecule has 3 nitrogen and oxygen atoms in total. The first-order chi connectivity index (χ1) is 8.70. The number of likely N-dealkylation sites (tertiary alicyclic amines) is 1. The average Bonchev–Trinajstić information content (AvgIpc) is 2.76. The van der Waals surface area contributed by atoms with Crippen LogP contribution in [0.25, 0.3) is 0 Å². The van der Waals surface area contributed by atoms with Crippen molar-refractivity contribution in [1.82, 2.24) is 4.90 Å². The van der Waals surface area contributed by atoms with Crippen molar-refractivity contribution in [2.24, 2.45) is 11.7 Å². The molecule has 2 atom stereocenters. The fraction of sp³-hybridized carbons (Fsp3) is 0.600. The Labute approximate surface area is 110 Å². The summed E-state index contributed by atoms with van der Waals surface area (Å²) in [6.07, 6.45) is 1.29. The zero-order valence-electron chi connectivity index (χ0n) is 11.4. The maximum atomic E-state index is 6.33. The van der Waals surface area contributed by atoms with Crippen molar-refractivity contribution in [3.63, 3.8) is 0 Å². The molecule has 2 rings (SSSR count). The average molecular weight is 248 g/mol. The van der Waals surface area contributed by atoms with Gasteiger partial charge in [-0.15, -0.1) is 0 Å². The highest BCUT2D eigenvalue weighted by Crippen LogP contribution is 2.25. The lowest BCUT2D eigenvalue weighted by atomic mass is 10.1. The molecule has 0 amide bonds. The first-order valence-corrected chi connectivity index (χ1v) is 6.90. The fourth-order valence-corrected chi connectivity index (χ4v) is 2.64. The molecule has 2 N–H and O–H groups in total. The standard InChI is InChI=1S/C15H24N2O/c1-3-18-15-7-5-4-6-13(15)14(16)11-17-9-8-12(2)10-17/h4-7,12,14H,3,8-11,16H2,1-2H3. The number of rotatable bonds is 5. The smallest absolute Gasteiger partial charge is 0.124 e. The second kappa shape index (κ2) is 6.21. The van der Waals surface area contributed by atoms with Gasteiger partial charge in [0.2, 0.25) is 0 Å². The summed E-state index contributed by atoms with van der Waals surface area (Å²) in [6, 6.07) is 8.15. The highest BCUT2D eigenvalue weighted by molar-refractivity contribution is 5.36. The predicted molar refractivity (Wildman–Crippen MR) is 74.8 cm³/mol. The molecule has 1 heterocycles. The summed E-state index contributed by atoms with van der Waals surface area (Å²) in [6.45, 7) is 8.26. The molecule has 0 saturated carbocycles. The molecule has 0 aromatic heterocycles. The van der Waals surface area contributed by atoms with Gasteiger partial charge in [-0.05, 0) is 31.9 Å². The summed E-state index contributed by atoms with van der Waals surface area (Å²) in [7, 11) is 0. The molecule has 0 aliphatic carbocycles. The Balaban J connectivity index is 2.01. The molecule has 1 fully saturated rings. The summed E-state index contributed by atoms with van der Waals surface area (Å²) < 4.78 is 5.65. The van der Waals surface area contributed by atoms with Crippen molar-refractivity contribution in [2.75, 3.05) is 26.2 Å². The Morgan fingerprint density at radius 2 is 2.22 bits per heavy atom. The van der Waals surface area contributed by atoms with Gasteiger partial charge in [0.15, 0.2) is 0 Å². The van der Waals surface area contributed by atoms with Gasteiger partial charge in [0.25, 0.3) is 0 Å². The molecular formula is C15H24N2O. The van der Waals surface area contributed by atoms with E-state index in [1.807, 2.05) is 25.1 Å². The van der Waals surface area contributed by atoms with E-state index < -0.39 is 0 Å². The molecule has 0 radical (unpaired) electrons. The van der Waals surface area contributed by atoms with Crippen molar-refractivity contribution in [1.29, 1.82) is 0 Å². The second-order valence-corrected chi connectivity index (χ2v) is 5.23. The van der Waals surface area contributed by atoms with Gasteiger partial charge in [-0.25, -0.2) is 0 Å². The Morgan fingerprint density at radius 3 is 2.89 bits per heavy atom. The van der Waals surface area contributed by atoms with Crippen LogP contribution in [0.3, 0.4) is 0 Å². The lowest BCUT2D eigenvalue weighted by Crippen LogP contribution is -2.30. The molecule has 18 heavy (non-hydrogen) atoms. The van der Waals surface area contributed by atoms with E-state index in [0.29, 0.717) is 6.61 Å². The molecule has 1 aromatic rings. The van der Waals surface area contributed by atoms with Gasteiger partial charge in [0, 0.05) is 24.7 Å². The molecule has 0 spiro atoms. The van der Waals surface area contributed by atoms with Crippen molar-refractivity contribution in [3.05, 3.63) is 29.8 Å². The minimum Gasteiger partial charge on any atom is -0.494 e. The Bertz CT molecular complexity index is 381. The van der Waals surface area contributed by atoms with Crippen molar-refractivity contribution in [3.8, 4) is 5.75 Å². The topological polar surface area (TPSA) is 38.5 Å². The van der Waals surface area contributed by atoms with Crippen LogP contribution in [0, 0.1) is 5.92 Å². The quantitative estimate of drug-likeness (QED) is 0.869. The van der Waals surface area contributed by atoms with Gasteiger partial charge in [-0.3, -0.25) is 0 Å². The summed E-state index contributed by atoms with van der Waals surface area (Å²) in [4.78, 5) is 2.46. The highest BCUT2D eigenvalue weighted by Gasteiger charge is 2.22. The number of benzene rings is 1. The van der Waals surface area contributed by atoms with Crippen LogP contribution in [0.15, 0.2) is 24.3 Å². The summed E-state index contributed by atoms with van der Waals surface area (Å²) in [5, 5.41) is 0. The Hall–Kier alpha value is -1.06. The first-order valence-electron chi connectivity index (χ1n) is 6.90. The third kappa shape index (κ3) is 3.24. The van der Waals surface area contributed by atoms with Crippen LogP contribution < -0.4 is 10.5 Å². The molecule has 1 aliphatic rings. The van der Waals surface area contributed by atoms with Gasteiger partial charge in [-0.1, -0.05) is 25.1 Å². The number of nitrogens with two attached hydrogens (primary N) is 1. The van der Waals surface area contributed by atoms with E-state index in [-0.39, 0.29) is 6.04 Å². The molecule has 100 valence electrons. The Kier molecular flexibility index (Phi) is 4.61. The van der Waals surface area contributed by atoms with E-state index in [1.54, 1.807) is 0 Å². The van der Waals surface area contributed by atoms with Gasteiger partial charge in [-0.2, -0.15) is 0 Å². The Morgan fingerprint density at radius 1 is 1.44 bits per heavy atom. The number of para-hydroxylation sites is 1. The lowest BCUT2D eigenvalue weighted by Gasteiger charge is -2.22. The minimum absolute atomic E-state index is 0.0399. The third-order valence-electron chi connectivity index (χ3n) is 3.58. The van der Waals surface area contributed by atoms with Crippen molar-refractivity contribution in [2.45, 2.75) is 26.3 Å². The van der Waals surface area contributed by atoms with Gasteiger partial charge >= 0.3 is 0 Å². The predicted octanol–water partition coefficient (Wildman–Crippen LogP) is 2.43. The molecule has 1 saturated heterocycles. The van der Waals surface area contributed by atoms with E-state index in [1.165, 1.54) is 19.5 Å². The highest BCUT2D eigenvalue weighted by atomic mass is 16.5.